The van der Waals surface area contributed by atoms with Gasteiger partial charge in [0.1, 0.15) is 0 Å². The summed E-state index contributed by atoms with van der Waals surface area (Å²) in [5.74, 6) is 6.08. The van der Waals surface area contributed by atoms with E-state index in [1.165, 1.54) is 31.2 Å². The fourth-order valence-corrected chi connectivity index (χ4v) is 15.9. The molecule has 5 nitrogen and oxygen atoms in total. The molecule has 17 atom stereocenters. The Morgan fingerprint density at radius 3 is 2.62 bits per heavy atom. The molecule has 6 aliphatic carbocycles. The molecule has 17 unspecified atom stereocenters. The van der Waals surface area contributed by atoms with Crippen molar-refractivity contribution in [2.24, 2.45) is 70.0 Å². The molecular weight excluding hydrogens is 618 g/mol. The van der Waals surface area contributed by atoms with E-state index < -0.39 is 5.60 Å². The Hall–Kier alpha value is -1.24. The van der Waals surface area contributed by atoms with Crippen molar-refractivity contribution in [2.45, 2.75) is 134 Å². The van der Waals surface area contributed by atoms with Gasteiger partial charge in [0.25, 0.3) is 0 Å². The summed E-state index contributed by atoms with van der Waals surface area (Å²) in [7, 11) is 1.81. The lowest BCUT2D eigenvalue weighted by Gasteiger charge is -2.63. The quantitative estimate of drug-likeness (QED) is 0.202. The van der Waals surface area contributed by atoms with Gasteiger partial charge in [-0.3, -0.25) is 4.90 Å². The molecule has 50 heavy (non-hydrogen) atoms. The number of benzene rings is 1. The summed E-state index contributed by atoms with van der Waals surface area (Å²) in [6.07, 6.45) is 20.3. The molecule has 0 radical (unpaired) electrons. The summed E-state index contributed by atoms with van der Waals surface area (Å²) in [5, 5.41) is 36.6. The topological polar surface area (TPSA) is 73.2 Å². The number of ether oxygens (including phenoxy) is 1. The molecule has 1 aromatic carbocycles. The summed E-state index contributed by atoms with van der Waals surface area (Å²) in [5.41, 5.74) is 0.928. The summed E-state index contributed by atoms with van der Waals surface area (Å²) in [4.78, 5) is 2.72. The zero-order chi connectivity index (χ0) is 34.4. The summed E-state index contributed by atoms with van der Waals surface area (Å²) in [6, 6.07) is 11.5. The van der Waals surface area contributed by atoms with E-state index in [0.717, 1.165) is 83.9 Å². The largest absolute Gasteiger partial charge is 0.393 e. The van der Waals surface area contributed by atoms with Crippen molar-refractivity contribution in [3.63, 3.8) is 0 Å². The van der Waals surface area contributed by atoms with Gasteiger partial charge in [-0.05, 0) is 178 Å². The van der Waals surface area contributed by atoms with E-state index in [1.54, 1.807) is 0 Å². The molecule has 3 N–H and O–H groups in total. The molecule has 7 fully saturated rings. The van der Waals surface area contributed by atoms with E-state index >= 15 is 0 Å². The van der Waals surface area contributed by atoms with Crippen LogP contribution in [0.1, 0.15) is 115 Å². The number of aliphatic hydroxyl groups is 3. The molecule has 8 aliphatic rings. The van der Waals surface area contributed by atoms with Crippen LogP contribution in [0, 0.1) is 70.0 Å². The van der Waals surface area contributed by atoms with Crippen molar-refractivity contribution in [1.82, 2.24) is 4.90 Å². The number of methoxy groups -OCH3 is 1. The number of fused-ring (bicyclic) bond motifs is 6. The summed E-state index contributed by atoms with van der Waals surface area (Å²) in [6.45, 7) is 7.74. The van der Waals surface area contributed by atoms with Crippen LogP contribution in [0.5, 0.6) is 0 Å². The molecular formula is C45H67NO4. The summed E-state index contributed by atoms with van der Waals surface area (Å²) >= 11 is 0. The van der Waals surface area contributed by atoms with Gasteiger partial charge in [0.15, 0.2) is 0 Å². The summed E-state index contributed by atoms with van der Waals surface area (Å²) < 4.78 is 5.46. The normalized spacial score (nSPS) is 51.4. The third-order valence-electron chi connectivity index (χ3n) is 17.6. The Bertz CT molecular complexity index is 1400. The van der Waals surface area contributed by atoms with Gasteiger partial charge in [-0.1, -0.05) is 49.4 Å². The third kappa shape index (κ3) is 5.31. The van der Waals surface area contributed by atoms with Crippen LogP contribution in [0.3, 0.4) is 0 Å². The number of hydrogen-bond donors (Lipinski definition) is 3. The molecule has 1 aromatic rings. The average Bonchev–Trinajstić information content (AvgIpc) is 3.65. The van der Waals surface area contributed by atoms with Crippen molar-refractivity contribution in [1.29, 1.82) is 0 Å². The molecule has 2 aliphatic heterocycles. The minimum Gasteiger partial charge on any atom is -0.393 e. The van der Waals surface area contributed by atoms with Crippen molar-refractivity contribution < 1.29 is 20.1 Å². The van der Waals surface area contributed by atoms with Crippen molar-refractivity contribution >= 4 is 0 Å². The zero-order valence-corrected chi connectivity index (χ0v) is 31.3. The second-order valence-electron chi connectivity index (χ2n) is 19.9. The van der Waals surface area contributed by atoms with Gasteiger partial charge in [0, 0.05) is 32.8 Å². The smallest absolute Gasteiger partial charge is 0.0805 e. The Morgan fingerprint density at radius 1 is 0.960 bits per heavy atom. The molecule has 2 saturated heterocycles. The van der Waals surface area contributed by atoms with Gasteiger partial charge < -0.3 is 20.1 Å². The first-order valence-electron chi connectivity index (χ1n) is 21.2. The lowest BCUT2D eigenvalue weighted by molar-refractivity contribution is -0.189. The first-order chi connectivity index (χ1) is 24.1. The lowest BCUT2D eigenvalue weighted by Crippen LogP contribution is -2.67. The van der Waals surface area contributed by atoms with Crippen LogP contribution in [0.2, 0.25) is 0 Å². The van der Waals surface area contributed by atoms with Crippen LogP contribution in [0.15, 0.2) is 42.5 Å². The molecule has 2 heterocycles. The minimum absolute atomic E-state index is 0.0196. The van der Waals surface area contributed by atoms with E-state index in [1.807, 2.05) is 7.11 Å². The van der Waals surface area contributed by atoms with Gasteiger partial charge in [0.2, 0.25) is 0 Å². The first kappa shape index (κ1) is 34.5. The Kier molecular flexibility index (Phi) is 8.95. The minimum atomic E-state index is -0.612. The third-order valence-corrected chi connectivity index (χ3v) is 17.6. The maximum atomic E-state index is 12.3. The number of hydrogen-bond acceptors (Lipinski definition) is 5. The van der Waals surface area contributed by atoms with Crippen LogP contribution < -0.4 is 0 Å². The highest BCUT2D eigenvalue weighted by Crippen LogP contribution is 2.74. The predicted molar refractivity (Wildman–Crippen MR) is 198 cm³/mol. The van der Waals surface area contributed by atoms with Crippen LogP contribution in [0.4, 0.5) is 0 Å². The van der Waals surface area contributed by atoms with E-state index in [4.69, 9.17) is 4.74 Å². The Morgan fingerprint density at radius 2 is 1.80 bits per heavy atom. The molecule has 9 rings (SSSR count). The molecule has 0 bridgehead atoms. The SMILES string of the molecule is COCCCC(CC1CCC2(C1)CC13CC=CC4C5C(CCC6C5CN5CC(C)CCC5C6(C)O)C(CC(O)C1CC2O)C43)c1ccccc1. The lowest BCUT2D eigenvalue weighted by atomic mass is 9.42. The molecule has 2 spiro atoms. The fourth-order valence-electron chi connectivity index (χ4n) is 15.9. The monoisotopic (exact) mass is 686 g/mol. The number of rotatable bonds is 7. The van der Waals surface area contributed by atoms with E-state index in [0.29, 0.717) is 65.2 Å². The van der Waals surface area contributed by atoms with Crippen molar-refractivity contribution in [2.75, 3.05) is 26.8 Å². The van der Waals surface area contributed by atoms with Crippen LogP contribution in [-0.4, -0.2) is 70.9 Å². The van der Waals surface area contributed by atoms with Crippen LogP contribution in [0.25, 0.3) is 0 Å². The standard InChI is InChI=1S/C45H67NO4/c1-28-13-16-39-43(2,49)36-15-14-32-34-22-38(47)37-23-40(48)44(19-17-29(24-44)21-31(11-8-20-50-3)30-9-5-4-6-10-30)27-45(37)18-7-12-33(42(34)45)41(32)35(36)26-46(39)25-28/h4-7,9-10,12,28-29,31-42,47-49H,8,11,13-27H2,1-3H3. The van der Waals surface area contributed by atoms with Gasteiger partial charge in [-0.25, -0.2) is 0 Å². The van der Waals surface area contributed by atoms with Gasteiger partial charge >= 0.3 is 0 Å². The molecule has 5 heteroatoms. The zero-order valence-electron chi connectivity index (χ0n) is 31.3. The average molecular weight is 686 g/mol. The van der Waals surface area contributed by atoms with Crippen molar-refractivity contribution in [3.05, 3.63) is 48.0 Å². The number of nitrogens with zero attached hydrogens (tertiary/aromatic N) is 1. The first-order valence-corrected chi connectivity index (χ1v) is 21.2. The number of aliphatic hydroxyl groups excluding tert-OH is 2. The maximum absolute atomic E-state index is 12.3. The second kappa shape index (κ2) is 13.0. The molecule has 276 valence electrons. The Labute approximate surface area is 302 Å². The van der Waals surface area contributed by atoms with Gasteiger partial charge in [-0.15, -0.1) is 0 Å². The van der Waals surface area contributed by atoms with E-state index in [9.17, 15) is 15.3 Å². The highest BCUT2D eigenvalue weighted by molar-refractivity contribution is 5.26. The molecule has 5 saturated carbocycles. The fraction of sp³-hybridized carbons (Fsp3) is 0.822. The van der Waals surface area contributed by atoms with E-state index in [-0.39, 0.29) is 29.0 Å². The van der Waals surface area contributed by atoms with E-state index in [2.05, 4.69) is 61.2 Å². The molecule has 0 amide bonds. The number of allylic oxidation sites excluding steroid dienone is 2. The molecule has 0 aromatic heterocycles. The van der Waals surface area contributed by atoms with Gasteiger partial charge in [-0.2, -0.15) is 0 Å². The highest BCUT2D eigenvalue weighted by atomic mass is 16.5. The Balaban J connectivity index is 0.999. The maximum Gasteiger partial charge on any atom is 0.0805 e. The van der Waals surface area contributed by atoms with Gasteiger partial charge in [0.05, 0.1) is 17.8 Å². The highest BCUT2D eigenvalue weighted by Gasteiger charge is 2.71. The van der Waals surface area contributed by atoms with Crippen molar-refractivity contribution in [3.8, 4) is 0 Å². The number of piperidine rings is 2. The predicted octanol–water partition coefficient (Wildman–Crippen LogP) is 7.84. The van der Waals surface area contributed by atoms with Crippen LogP contribution >= 0.6 is 0 Å². The van der Waals surface area contributed by atoms with Crippen LogP contribution in [-0.2, 0) is 4.74 Å². The second-order valence-corrected chi connectivity index (χ2v) is 19.9.